The normalized spacial score (nSPS) is 12.0. The van der Waals surface area contributed by atoms with Gasteiger partial charge in [-0.05, 0) is 6.92 Å². The van der Waals surface area contributed by atoms with Gasteiger partial charge in [-0.15, -0.1) is 5.10 Å². The highest BCUT2D eigenvalue weighted by Gasteiger charge is 2.34. The summed E-state index contributed by atoms with van der Waals surface area (Å²) in [5.41, 5.74) is 3.53. The molecule has 110 valence electrons. The Balaban J connectivity index is 1.98. The fourth-order valence-electron chi connectivity index (χ4n) is 2.97. The molecule has 0 aliphatic heterocycles. The zero-order valence-corrected chi connectivity index (χ0v) is 12.4. The Morgan fingerprint density at radius 1 is 0.870 bits per heavy atom. The number of aromatic nitrogens is 2. The van der Waals surface area contributed by atoms with Crippen LogP contribution in [0.1, 0.15) is 37.5 Å². The monoisotopic (exact) mass is 300 g/mol. The largest absolute Gasteiger partial charge is 0.289 e. The summed E-state index contributed by atoms with van der Waals surface area (Å²) < 4.78 is 0. The predicted molar refractivity (Wildman–Crippen MR) is 85.5 cm³/mol. The Kier molecular flexibility index (Phi) is 2.91. The van der Waals surface area contributed by atoms with Crippen LogP contribution >= 0.6 is 0 Å². The van der Waals surface area contributed by atoms with Gasteiger partial charge in [0.15, 0.2) is 11.6 Å². The molecule has 4 nitrogen and oxygen atoms in total. The van der Waals surface area contributed by atoms with Crippen molar-refractivity contribution < 1.29 is 9.59 Å². The summed E-state index contributed by atoms with van der Waals surface area (Å²) in [6, 6.07) is 16.2. The maximum absolute atomic E-state index is 12.9. The molecule has 2 aromatic carbocycles. The van der Waals surface area contributed by atoms with Gasteiger partial charge in [0.2, 0.25) is 0 Å². The van der Waals surface area contributed by atoms with Gasteiger partial charge in [-0.1, -0.05) is 54.6 Å². The summed E-state index contributed by atoms with van der Waals surface area (Å²) in [7, 11) is 0. The van der Waals surface area contributed by atoms with Crippen molar-refractivity contribution in [1.29, 1.82) is 0 Å². The molecule has 0 N–H and O–H groups in total. The van der Waals surface area contributed by atoms with Crippen LogP contribution in [0.15, 0.2) is 54.6 Å². The van der Waals surface area contributed by atoms with Crippen molar-refractivity contribution in [2.45, 2.75) is 6.92 Å². The van der Waals surface area contributed by atoms with Crippen LogP contribution in [-0.2, 0) is 0 Å². The number of benzene rings is 2. The molecule has 4 heteroatoms. The zero-order chi connectivity index (χ0) is 16.0. The zero-order valence-electron chi connectivity index (χ0n) is 12.4. The lowest BCUT2D eigenvalue weighted by atomic mass is 9.96. The molecule has 0 unspecified atom stereocenters. The van der Waals surface area contributed by atoms with Crippen molar-refractivity contribution in [3.63, 3.8) is 0 Å². The van der Waals surface area contributed by atoms with E-state index in [0.29, 0.717) is 33.6 Å². The predicted octanol–water partition coefficient (Wildman–Crippen LogP) is 3.23. The van der Waals surface area contributed by atoms with Crippen LogP contribution in [0.5, 0.6) is 0 Å². The van der Waals surface area contributed by atoms with Gasteiger partial charge < -0.3 is 0 Å². The Morgan fingerprint density at radius 2 is 1.52 bits per heavy atom. The summed E-state index contributed by atoms with van der Waals surface area (Å²) in [6.45, 7) is 1.71. The Bertz CT molecular complexity index is 962. The van der Waals surface area contributed by atoms with Gasteiger partial charge >= 0.3 is 0 Å². The van der Waals surface area contributed by atoms with E-state index >= 15 is 0 Å². The average molecular weight is 300 g/mol. The molecule has 0 saturated carbocycles. The number of nitrogens with zero attached hydrogens (tertiary/aromatic N) is 2. The highest BCUT2D eigenvalue weighted by molar-refractivity contribution is 6.27. The topological polar surface area (TPSA) is 59.9 Å². The molecule has 0 atom stereocenters. The minimum Gasteiger partial charge on any atom is -0.289 e. The fourth-order valence-corrected chi connectivity index (χ4v) is 2.97. The van der Waals surface area contributed by atoms with Crippen LogP contribution in [0, 0.1) is 6.92 Å². The summed E-state index contributed by atoms with van der Waals surface area (Å²) in [5, 5.41) is 8.27. The number of carbonyl (C=O) groups is 2. The third kappa shape index (κ3) is 1.92. The van der Waals surface area contributed by atoms with E-state index in [4.69, 9.17) is 0 Å². The van der Waals surface area contributed by atoms with E-state index < -0.39 is 0 Å². The molecule has 0 fully saturated rings. The summed E-state index contributed by atoms with van der Waals surface area (Å²) >= 11 is 0. The van der Waals surface area contributed by atoms with E-state index in [-0.39, 0.29) is 11.6 Å². The Morgan fingerprint density at radius 3 is 2.26 bits per heavy atom. The van der Waals surface area contributed by atoms with Crippen LogP contribution in [0.4, 0.5) is 0 Å². The molecule has 1 aliphatic rings. The third-order valence-corrected chi connectivity index (χ3v) is 4.07. The molecule has 1 aliphatic carbocycles. The van der Waals surface area contributed by atoms with Crippen LogP contribution < -0.4 is 0 Å². The highest BCUT2D eigenvalue weighted by atomic mass is 16.1. The molecular formula is C19H12N2O2. The molecule has 3 aromatic rings. The van der Waals surface area contributed by atoms with Crippen molar-refractivity contribution in [2.75, 3.05) is 0 Å². The number of ketones is 2. The van der Waals surface area contributed by atoms with E-state index in [1.54, 1.807) is 37.3 Å². The van der Waals surface area contributed by atoms with E-state index in [9.17, 15) is 9.59 Å². The average Bonchev–Trinajstić information content (AvgIpc) is 2.88. The number of aryl methyl sites for hydroxylation is 1. The van der Waals surface area contributed by atoms with E-state index in [2.05, 4.69) is 10.2 Å². The fraction of sp³-hybridized carbons (Fsp3) is 0.0526. The minimum atomic E-state index is -0.199. The van der Waals surface area contributed by atoms with Crippen molar-refractivity contribution in [3.05, 3.63) is 82.5 Å². The third-order valence-electron chi connectivity index (χ3n) is 4.07. The van der Waals surface area contributed by atoms with Gasteiger partial charge in [-0.2, -0.15) is 5.10 Å². The van der Waals surface area contributed by atoms with Gasteiger partial charge in [0.25, 0.3) is 0 Å². The number of hydrogen-bond acceptors (Lipinski definition) is 4. The number of hydrogen-bond donors (Lipinski definition) is 0. The highest BCUT2D eigenvalue weighted by Crippen LogP contribution is 2.37. The molecule has 1 aromatic heterocycles. The Hall–Kier alpha value is -3.14. The van der Waals surface area contributed by atoms with Crippen LogP contribution in [0.3, 0.4) is 0 Å². The molecule has 23 heavy (non-hydrogen) atoms. The number of carbonyl (C=O) groups excluding carboxylic acids is 2. The first-order valence-electron chi connectivity index (χ1n) is 7.29. The maximum atomic E-state index is 12.9. The first-order chi connectivity index (χ1) is 11.2. The maximum Gasteiger partial charge on any atom is 0.196 e. The molecular weight excluding hydrogens is 288 g/mol. The van der Waals surface area contributed by atoms with Crippen molar-refractivity contribution in [3.8, 4) is 11.3 Å². The van der Waals surface area contributed by atoms with Crippen LogP contribution in [0.25, 0.3) is 11.3 Å². The number of rotatable bonds is 2. The lowest BCUT2D eigenvalue weighted by molar-refractivity contribution is 0.100. The molecule has 0 spiro atoms. The first kappa shape index (κ1) is 13.5. The quantitative estimate of drug-likeness (QED) is 0.533. The molecule has 0 amide bonds. The molecule has 0 saturated heterocycles. The molecule has 0 bridgehead atoms. The second-order valence-electron chi connectivity index (χ2n) is 5.45. The number of fused-ring (bicyclic) bond motifs is 3. The summed E-state index contributed by atoms with van der Waals surface area (Å²) in [4.78, 5) is 25.7. The first-order valence-corrected chi connectivity index (χ1v) is 7.29. The lowest BCUT2D eigenvalue weighted by Crippen LogP contribution is -2.13. The van der Waals surface area contributed by atoms with Crippen molar-refractivity contribution >= 4 is 11.6 Å². The van der Waals surface area contributed by atoms with Gasteiger partial charge in [-0.3, -0.25) is 9.59 Å². The van der Waals surface area contributed by atoms with Gasteiger partial charge in [0.1, 0.15) is 5.69 Å². The SMILES string of the molecule is Cc1nnc2c(c1C(=O)c1ccccc1)C(=O)c1ccccc1-2. The second kappa shape index (κ2) is 4.95. The molecule has 0 radical (unpaired) electrons. The van der Waals surface area contributed by atoms with E-state index in [0.717, 1.165) is 5.56 Å². The van der Waals surface area contributed by atoms with Crippen LogP contribution in [0.2, 0.25) is 0 Å². The molecule has 1 heterocycles. The van der Waals surface area contributed by atoms with E-state index in [1.165, 1.54) is 0 Å². The van der Waals surface area contributed by atoms with Gasteiger partial charge in [0, 0.05) is 16.7 Å². The van der Waals surface area contributed by atoms with Crippen LogP contribution in [-0.4, -0.2) is 21.8 Å². The summed E-state index contributed by atoms with van der Waals surface area (Å²) in [6.07, 6.45) is 0. The van der Waals surface area contributed by atoms with Crippen molar-refractivity contribution in [2.24, 2.45) is 0 Å². The molecule has 4 rings (SSSR count). The Labute approximate surface area is 132 Å². The summed E-state index contributed by atoms with van der Waals surface area (Å²) in [5.74, 6) is -0.358. The lowest BCUT2D eigenvalue weighted by Gasteiger charge is -2.08. The van der Waals surface area contributed by atoms with E-state index in [1.807, 2.05) is 24.3 Å². The van der Waals surface area contributed by atoms with Gasteiger partial charge in [-0.25, -0.2) is 0 Å². The standard InChI is InChI=1S/C19H12N2O2/c1-11-15(18(22)12-7-3-2-4-8-12)16-17(21-20-11)13-9-5-6-10-14(13)19(16)23/h2-10H,1H3. The van der Waals surface area contributed by atoms with Crippen molar-refractivity contribution in [1.82, 2.24) is 10.2 Å². The smallest absolute Gasteiger partial charge is 0.196 e. The van der Waals surface area contributed by atoms with Gasteiger partial charge in [0.05, 0.1) is 16.8 Å². The second-order valence-corrected chi connectivity index (χ2v) is 5.45. The minimum absolute atomic E-state index is 0.159.